The molecule has 0 saturated carbocycles. The third kappa shape index (κ3) is 3.52. The van der Waals surface area contributed by atoms with Crippen LogP contribution in [0.15, 0.2) is 33.9 Å². The highest BCUT2D eigenvalue weighted by atomic mass is 16.2. The van der Waals surface area contributed by atoms with E-state index < -0.39 is 0 Å². The number of fused-ring (bicyclic) bond motifs is 1. The molecular formula is C21H26N4O2. The highest BCUT2D eigenvalue weighted by molar-refractivity contribution is 5.76. The van der Waals surface area contributed by atoms with Crippen LogP contribution in [0.5, 0.6) is 0 Å². The van der Waals surface area contributed by atoms with Gasteiger partial charge in [0.2, 0.25) is 0 Å². The van der Waals surface area contributed by atoms with Crippen LogP contribution in [-0.2, 0) is 20.1 Å². The van der Waals surface area contributed by atoms with Crippen molar-refractivity contribution < 1.29 is 0 Å². The molecule has 0 unspecified atom stereocenters. The van der Waals surface area contributed by atoms with Crippen molar-refractivity contribution >= 4 is 23.3 Å². The molecule has 0 aliphatic rings. The van der Waals surface area contributed by atoms with Crippen molar-refractivity contribution in [1.29, 1.82) is 0 Å². The number of aryl methyl sites for hydroxylation is 3. The highest BCUT2D eigenvalue weighted by Gasteiger charge is 2.18. The average Bonchev–Trinajstić information content (AvgIpc) is 2.97. The molecule has 0 N–H and O–H groups in total. The van der Waals surface area contributed by atoms with Crippen LogP contribution in [0.3, 0.4) is 0 Å². The van der Waals surface area contributed by atoms with Gasteiger partial charge in [-0.05, 0) is 31.4 Å². The van der Waals surface area contributed by atoms with Crippen molar-refractivity contribution in [3.05, 3.63) is 62.1 Å². The van der Waals surface area contributed by atoms with Gasteiger partial charge in [-0.25, -0.2) is 9.78 Å². The Labute approximate surface area is 158 Å². The molecule has 0 radical (unpaired) electrons. The lowest BCUT2D eigenvalue weighted by molar-refractivity contribution is 0.554. The van der Waals surface area contributed by atoms with E-state index >= 15 is 0 Å². The smallest absolute Gasteiger partial charge is 0.322 e. The molecule has 0 saturated heterocycles. The maximum atomic E-state index is 12.9. The fourth-order valence-electron chi connectivity index (χ4n) is 3.32. The van der Waals surface area contributed by atoms with Gasteiger partial charge in [-0.3, -0.25) is 13.9 Å². The fraction of sp³-hybridized carbons (Fsp3) is 0.381. The molecular weight excluding hydrogens is 340 g/mol. The van der Waals surface area contributed by atoms with E-state index in [4.69, 9.17) is 0 Å². The molecule has 0 amide bonds. The van der Waals surface area contributed by atoms with E-state index in [0.29, 0.717) is 30.1 Å². The molecule has 0 fully saturated rings. The van der Waals surface area contributed by atoms with E-state index in [1.54, 1.807) is 9.13 Å². The van der Waals surface area contributed by atoms with Crippen molar-refractivity contribution in [2.45, 2.75) is 46.7 Å². The first-order valence-electron chi connectivity index (χ1n) is 9.42. The Morgan fingerprint density at radius 3 is 2.41 bits per heavy atom. The minimum absolute atomic E-state index is 0.269. The van der Waals surface area contributed by atoms with Crippen molar-refractivity contribution in [2.24, 2.45) is 7.05 Å². The van der Waals surface area contributed by atoms with Crippen LogP contribution < -0.4 is 11.2 Å². The van der Waals surface area contributed by atoms with E-state index in [0.717, 1.165) is 18.4 Å². The fourth-order valence-corrected chi connectivity index (χ4v) is 3.32. The summed E-state index contributed by atoms with van der Waals surface area (Å²) in [5.41, 5.74) is 2.64. The molecule has 0 spiro atoms. The Morgan fingerprint density at radius 2 is 1.74 bits per heavy atom. The lowest BCUT2D eigenvalue weighted by Crippen LogP contribution is -2.40. The summed E-state index contributed by atoms with van der Waals surface area (Å²) in [6.45, 7) is 6.97. The van der Waals surface area contributed by atoms with Gasteiger partial charge in [-0.15, -0.1) is 0 Å². The minimum Gasteiger partial charge on any atom is -0.322 e. The standard InChI is InChI=1S/C21H26N4O2/c1-5-12-24-19-18(20(26)25(13-6-2)21(24)27)23(4)17(22-19)11-10-16-9-7-8-15(3)14-16/h7-11,14H,5-6,12-13H2,1-4H3/b11-10+. The predicted molar refractivity (Wildman–Crippen MR) is 110 cm³/mol. The maximum absolute atomic E-state index is 12.9. The first kappa shape index (κ1) is 18.9. The van der Waals surface area contributed by atoms with E-state index in [1.807, 2.05) is 58.2 Å². The summed E-state index contributed by atoms with van der Waals surface area (Å²) in [6, 6.07) is 8.16. The first-order valence-corrected chi connectivity index (χ1v) is 9.42. The SMILES string of the molecule is CCCn1c(=O)c2c(nc(/C=C/c3cccc(C)c3)n2C)n(CCC)c1=O. The van der Waals surface area contributed by atoms with Crippen LogP contribution in [0.4, 0.5) is 0 Å². The average molecular weight is 366 g/mol. The number of nitrogens with zero attached hydrogens (tertiary/aromatic N) is 4. The topological polar surface area (TPSA) is 61.8 Å². The van der Waals surface area contributed by atoms with Crippen LogP contribution >= 0.6 is 0 Å². The molecule has 2 heterocycles. The minimum atomic E-state index is -0.275. The second kappa shape index (κ2) is 7.78. The molecule has 1 aromatic carbocycles. The van der Waals surface area contributed by atoms with Gasteiger partial charge in [0.1, 0.15) is 5.82 Å². The molecule has 0 aliphatic carbocycles. The van der Waals surface area contributed by atoms with Crippen molar-refractivity contribution in [3.63, 3.8) is 0 Å². The summed E-state index contributed by atoms with van der Waals surface area (Å²) in [4.78, 5) is 30.3. The third-order valence-electron chi connectivity index (χ3n) is 4.64. The molecule has 0 bridgehead atoms. The van der Waals surface area contributed by atoms with Crippen molar-refractivity contribution in [3.8, 4) is 0 Å². The van der Waals surface area contributed by atoms with Crippen LogP contribution in [0.2, 0.25) is 0 Å². The largest absolute Gasteiger partial charge is 0.332 e. The predicted octanol–water partition coefficient (Wildman–Crippen LogP) is 3.20. The molecule has 0 atom stereocenters. The summed E-state index contributed by atoms with van der Waals surface area (Å²) in [5, 5.41) is 0. The maximum Gasteiger partial charge on any atom is 0.332 e. The van der Waals surface area contributed by atoms with Crippen LogP contribution in [-0.4, -0.2) is 18.7 Å². The van der Waals surface area contributed by atoms with E-state index in [9.17, 15) is 9.59 Å². The molecule has 6 nitrogen and oxygen atoms in total. The second-order valence-electron chi connectivity index (χ2n) is 6.84. The van der Waals surface area contributed by atoms with Gasteiger partial charge in [0.15, 0.2) is 11.2 Å². The van der Waals surface area contributed by atoms with Gasteiger partial charge in [-0.1, -0.05) is 49.8 Å². The van der Waals surface area contributed by atoms with Gasteiger partial charge in [0.25, 0.3) is 5.56 Å². The number of benzene rings is 1. The molecule has 27 heavy (non-hydrogen) atoms. The molecule has 2 aromatic heterocycles. The monoisotopic (exact) mass is 366 g/mol. The number of hydrogen-bond acceptors (Lipinski definition) is 3. The molecule has 6 heteroatoms. The number of rotatable bonds is 6. The van der Waals surface area contributed by atoms with Gasteiger partial charge >= 0.3 is 5.69 Å². The second-order valence-corrected chi connectivity index (χ2v) is 6.84. The Bertz CT molecular complexity index is 1120. The van der Waals surface area contributed by atoms with Crippen LogP contribution in [0, 0.1) is 6.92 Å². The quantitative estimate of drug-likeness (QED) is 0.673. The van der Waals surface area contributed by atoms with Crippen molar-refractivity contribution in [1.82, 2.24) is 18.7 Å². The summed E-state index contributed by atoms with van der Waals surface area (Å²) in [7, 11) is 1.82. The van der Waals surface area contributed by atoms with E-state index in [-0.39, 0.29) is 11.2 Å². The molecule has 142 valence electrons. The lowest BCUT2D eigenvalue weighted by Gasteiger charge is -2.10. The number of hydrogen-bond donors (Lipinski definition) is 0. The highest BCUT2D eigenvalue weighted by Crippen LogP contribution is 2.14. The Hall–Kier alpha value is -2.89. The Morgan fingerprint density at radius 1 is 1.04 bits per heavy atom. The zero-order valence-corrected chi connectivity index (χ0v) is 16.4. The number of imidazole rings is 1. The van der Waals surface area contributed by atoms with Gasteiger partial charge in [0, 0.05) is 20.1 Å². The van der Waals surface area contributed by atoms with E-state index in [2.05, 4.69) is 11.1 Å². The third-order valence-corrected chi connectivity index (χ3v) is 4.64. The first-order chi connectivity index (χ1) is 13.0. The Balaban J connectivity index is 2.21. The van der Waals surface area contributed by atoms with Gasteiger partial charge < -0.3 is 4.57 Å². The van der Waals surface area contributed by atoms with E-state index in [1.165, 1.54) is 10.1 Å². The zero-order chi connectivity index (χ0) is 19.6. The van der Waals surface area contributed by atoms with Crippen molar-refractivity contribution in [2.75, 3.05) is 0 Å². The summed E-state index contributed by atoms with van der Waals surface area (Å²) >= 11 is 0. The molecule has 0 aliphatic heterocycles. The summed E-state index contributed by atoms with van der Waals surface area (Å²) in [5.74, 6) is 0.655. The normalized spacial score (nSPS) is 11.7. The molecule has 3 aromatic rings. The Kier molecular flexibility index (Phi) is 5.44. The van der Waals surface area contributed by atoms with Crippen LogP contribution in [0.25, 0.3) is 23.3 Å². The van der Waals surface area contributed by atoms with Gasteiger partial charge in [-0.2, -0.15) is 0 Å². The lowest BCUT2D eigenvalue weighted by atomic mass is 10.1. The summed E-state index contributed by atoms with van der Waals surface area (Å²) < 4.78 is 4.73. The molecule has 3 rings (SSSR count). The zero-order valence-electron chi connectivity index (χ0n) is 16.4. The number of aromatic nitrogens is 4. The van der Waals surface area contributed by atoms with Crippen LogP contribution in [0.1, 0.15) is 43.6 Å². The summed E-state index contributed by atoms with van der Waals surface area (Å²) in [6.07, 6.45) is 5.38. The van der Waals surface area contributed by atoms with Gasteiger partial charge in [0.05, 0.1) is 0 Å².